The van der Waals surface area contributed by atoms with E-state index in [1.54, 1.807) is 11.0 Å². The first-order valence-corrected chi connectivity index (χ1v) is 13.4. The minimum Gasteiger partial charge on any atom is -0.507 e. The number of rotatable bonds is 11. The van der Waals surface area contributed by atoms with E-state index in [9.17, 15) is 14.7 Å². The van der Waals surface area contributed by atoms with Crippen molar-refractivity contribution >= 4 is 17.4 Å². The fraction of sp³-hybridized carbons (Fsp3) is 0.467. The van der Waals surface area contributed by atoms with E-state index in [-0.39, 0.29) is 17.4 Å². The highest BCUT2D eigenvalue weighted by molar-refractivity contribution is 6.46. The molecule has 0 spiro atoms. The molecular formula is C30H38N2O5. The summed E-state index contributed by atoms with van der Waals surface area (Å²) in [5, 5.41) is 11.5. The fourth-order valence-electron chi connectivity index (χ4n) is 5.18. The fourth-order valence-corrected chi connectivity index (χ4v) is 5.18. The van der Waals surface area contributed by atoms with Crippen molar-refractivity contribution in [2.75, 3.05) is 32.8 Å². The number of hydrogen-bond acceptors (Lipinski definition) is 6. The number of Topliss-reactive ketones (excluding diaryl/α,β-unsaturated/α-hetero) is 1. The molecule has 0 aliphatic carbocycles. The SMILES string of the molecule is CCCOc1cccc([C@H]2C(=C(O)c3ccc4c(c3)C[C@H](C)O4)C(=O)C(=O)N2CCCN(CC)CC)c1. The zero-order chi connectivity index (χ0) is 26.5. The van der Waals surface area contributed by atoms with E-state index in [0.29, 0.717) is 24.5 Å². The molecule has 0 unspecified atom stereocenters. The molecule has 7 heteroatoms. The molecule has 1 amide bonds. The molecule has 0 radical (unpaired) electrons. The van der Waals surface area contributed by atoms with E-state index in [1.807, 2.05) is 50.2 Å². The summed E-state index contributed by atoms with van der Waals surface area (Å²) >= 11 is 0. The zero-order valence-corrected chi connectivity index (χ0v) is 22.3. The second-order valence-electron chi connectivity index (χ2n) is 9.75. The van der Waals surface area contributed by atoms with Crippen LogP contribution in [0.4, 0.5) is 0 Å². The molecule has 2 aromatic rings. The lowest BCUT2D eigenvalue weighted by atomic mass is 9.94. The summed E-state index contributed by atoms with van der Waals surface area (Å²) in [6, 6.07) is 12.2. The normalized spacial score (nSPS) is 20.4. The zero-order valence-electron chi connectivity index (χ0n) is 22.3. The van der Waals surface area contributed by atoms with Gasteiger partial charge in [-0.1, -0.05) is 32.9 Å². The first kappa shape index (κ1) is 26.7. The Kier molecular flexibility index (Phi) is 8.54. The van der Waals surface area contributed by atoms with Gasteiger partial charge in [0.2, 0.25) is 0 Å². The third kappa shape index (κ3) is 5.67. The summed E-state index contributed by atoms with van der Waals surface area (Å²) in [5.74, 6) is 0.0752. The lowest BCUT2D eigenvalue weighted by molar-refractivity contribution is -0.140. The van der Waals surface area contributed by atoms with Gasteiger partial charge in [0.1, 0.15) is 23.4 Å². The van der Waals surface area contributed by atoms with Gasteiger partial charge in [0.25, 0.3) is 11.7 Å². The number of aliphatic hydroxyl groups is 1. The van der Waals surface area contributed by atoms with Crippen LogP contribution in [0.25, 0.3) is 5.76 Å². The minimum absolute atomic E-state index is 0.0645. The molecule has 1 saturated heterocycles. The maximum atomic E-state index is 13.4. The number of benzene rings is 2. The molecule has 2 heterocycles. The summed E-state index contributed by atoms with van der Waals surface area (Å²) in [6.45, 7) is 11.9. The quantitative estimate of drug-likeness (QED) is 0.264. The summed E-state index contributed by atoms with van der Waals surface area (Å²) in [7, 11) is 0. The molecule has 4 rings (SSSR count). The van der Waals surface area contributed by atoms with Crippen molar-refractivity contribution in [3.05, 3.63) is 64.7 Å². The van der Waals surface area contributed by atoms with E-state index in [1.165, 1.54) is 0 Å². The van der Waals surface area contributed by atoms with Crippen molar-refractivity contribution in [3.8, 4) is 11.5 Å². The van der Waals surface area contributed by atoms with Gasteiger partial charge in [-0.3, -0.25) is 9.59 Å². The Morgan fingerprint density at radius 1 is 1.14 bits per heavy atom. The van der Waals surface area contributed by atoms with Crippen LogP contribution in [0.5, 0.6) is 11.5 Å². The monoisotopic (exact) mass is 506 g/mol. The van der Waals surface area contributed by atoms with Gasteiger partial charge in [0, 0.05) is 18.5 Å². The number of ether oxygens (including phenoxy) is 2. The molecule has 1 fully saturated rings. The topological polar surface area (TPSA) is 79.3 Å². The Morgan fingerprint density at radius 2 is 1.92 bits per heavy atom. The molecule has 7 nitrogen and oxygen atoms in total. The van der Waals surface area contributed by atoms with Gasteiger partial charge in [-0.05, 0) is 80.9 Å². The first-order chi connectivity index (χ1) is 17.9. The third-order valence-electron chi connectivity index (χ3n) is 7.12. The van der Waals surface area contributed by atoms with Crippen molar-refractivity contribution < 1.29 is 24.2 Å². The van der Waals surface area contributed by atoms with Crippen LogP contribution in [0.2, 0.25) is 0 Å². The number of carbonyl (C=O) groups excluding carboxylic acids is 2. The molecule has 37 heavy (non-hydrogen) atoms. The van der Waals surface area contributed by atoms with Crippen LogP contribution in [-0.4, -0.2) is 65.5 Å². The van der Waals surface area contributed by atoms with Crippen LogP contribution in [0.1, 0.15) is 63.3 Å². The predicted octanol–water partition coefficient (Wildman–Crippen LogP) is 4.95. The van der Waals surface area contributed by atoms with E-state index >= 15 is 0 Å². The summed E-state index contributed by atoms with van der Waals surface area (Å²) in [6.07, 6.45) is 2.39. The average molecular weight is 507 g/mol. The van der Waals surface area contributed by atoms with Gasteiger partial charge >= 0.3 is 0 Å². The van der Waals surface area contributed by atoms with Crippen LogP contribution in [0.3, 0.4) is 0 Å². The molecule has 198 valence electrons. The molecule has 2 atom stereocenters. The molecule has 2 aromatic carbocycles. The number of ketones is 1. The van der Waals surface area contributed by atoms with Gasteiger partial charge < -0.3 is 24.4 Å². The van der Waals surface area contributed by atoms with Crippen LogP contribution < -0.4 is 9.47 Å². The standard InChI is InChI=1S/C30H38N2O5/c1-5-16-36-24-11-8-10-21(19-24)27-26(28(33)22-12-13-25-23(18-22)17-20(4)37-25)29(34)30(35)32(27)15-9-14-31(6-2)7-3/h8,10-13,18-20,27,33H,5-7,9,14-17H2,1-4H3/t20-,27-/m0/s1. The number of nitrogens with zero attached hydrogens (tertiary/aromatic N) is 2. The maximum Gasteiger partial charge on any atom is 0.295 e. The third-order valence-corrected chi connectivity index (χ3v) is 7.12. The largest absolute Gasteiger partial charge is 0.507 e. The van der Waals surface area contributed by atoms with Crippen LogP contribution in [0.15, 0.2) is 48.0 Å². The Balaban J connectivity index is 1.74. The summed E-state index contributed by atoms with van der Waals surface area (Å²) < 4.78 is 11.6. The molecular weight excluding hydrogens is 468 g/mol. The number of aliphatic hydroxyl groups excluding tert-OH is 1. The van der Waals surface area contributed by atoms with Gasteiger partial charge in [-0.2, -0.15) is 0 Å². The number of fused-ring (bicyclic) bond motifs is 1. The Bertz CT molecular complexity index is 1170. The maximum absolute atomic E-state index is 13.4. The molecule has 1 N–H and O–H groups in total. The van der Waals surface area contributed by atoms with E-state index in [0.717, 1.165) is 55.8 Å². The second-order valence-corrected chi connectivity index (χ2v) is 9.75. The minimum atomic E-state index is -0.690. The number of carbonyl (C=O) groups is 2. The van der Waals surface area contributed by atoms with Crippen LogP contribution in [-0.2, 0) is 16.0 Å². The lowest BCUT2D eigenvalue weighted by Crippen LogP contribution is -2.33. The summed E-state index contributed by atoms with van der Waals surface area (Å²) in [5.41, 5.74) is 2.36. The highest BCUT2D eigenvalue weighted by Gasteiger charge is 2.46. The molecule has 2 aliphatic heterocycles. The van der Waals surface area contributed by atoms with Crippen molar-refractivity contribution in [1.29, 1.82) is 0 Å². The van der Waals surface area contributed by atoms with Gasteiger partial charge in [0.05, 0.1) is 18.2 Å². The molecule has 0 saturated carbocycles. The lowest BCUT2D eigenvalue weighted by Gasteiger charge is -2.27. The van der Waals surface area contributed by atoms with E-state index < -0.39 is 17.7 Å². The second kappa shape index (κ2) is 11.8. The van der Waals surface area contributed by atoms with Crippen LogP contribution in [0, 0.1) is 0 Å². The average Bonchev–Trinajstić information content (AvgIpc) is 3.40. The van der Waals surface area contributed by atoms with Gasteiger partial charge in [-0.15, -0.1) is 0 Å². The van der Waals surface area contributed by atoms with E-state index in [2.05, 4.69) is 18.7 Å². The van der Waals surface area contributed by atoms with Crippen LogP contribution >= 0.6 is 0 Å². The number of hydrogen-bond donors (Lipinski definition) is 1. The van der Waals surface area contributed by atoms with Crippen molar-refractivity contribution in [2.45, 2.75) is 59.1 Å². The van der Waals surface area contributed by atoms with Gasteiger partial charge in [-0.25, -0.2) is 0 Å². The highest BCUT2D eigenvalue weighted by atomic mass is 16.5. The smallest absolute Gasteiger partial charge is 0.295 e. The van der Waals surface area contributed by atoms with Crippen molar-refractivity contribution in [1.82, 2.24) is 9.80 Å². The van der Waals surface area contributed by atoms with Crippen molar-refractivity contribution in [2.24, 2.45) is 0 Å². The Labute approximate surface area is 219 Å². The Morgan fingerprint density at radius 3 is 2.65 bits per heavy atom. The first-order valence-electron chi connectivity index (χ1n) is 13.4. The summed E-state index contributed by atoms with van der Waals surface area (Å²) in [4.78, 5) is 30.6. The molecule has 2 aliphatic rings. The molecule has 0 aromatic heterocycles. The van der Waals surface area contributed by atoms with Crippen molar-refractivity contribution in [3.63, 3.8) is 0 Å². The highest BCUT2D eigenvalue weighted by Crippen LogP contribution is 2.41. The molecule has 0 bridgehead atoms. The number of likely N-dealkylation sites (tertiary alicyclic amines) is 1. The van der Waals surface area contributed by atoms with E-state index in [4.69, 9.17) is 9.47 Å². The number of amides is 1. The van der Waals surface area contributed by atoms with Gasteiger partial charge in [0.15, 0.2) is 0 Å². The Hall–Kier alpha value is -3.32. The predicted molar refractivity (Wildman–Crippen MR) is 144 cm³/mol.